The number of nitrogens with one attached hydrogen (secondary N) is 1. The largest absolute Gasteiger partial charge is 0.487 e. The molecule has 1 aromatic rings. The van der Waals surface area contributed by atoms with Gasteiger partial charge >= 0.3 is 0 Å². The summed E-state index contributed by atoms with van der Waals surface area (Å²) in [4.78, 5) is 4.30. The van der Waals surface area contributed by atoms with E-state index in [4.69, 9.17) is 9.47 Å². The van der Waals surface area contributed by atoms with E-state index in [1.807, 2.05) is 32.9 Å². The number of ether oxygens (including phenoxy) is 2. The average Bonchev–Trinajstić information content (AvgIpc) is 2.27. The zero-order chi connectivity index (χ0) is 13.6. The molecule has 0 aliphatic carbocycles. The Bertz CT molecular complexity index is 365. The molecule has 1 N–H and O–H groups in total. The monoisotopic (exact) mass is 252 g/mol. The van der Waals surface area contributed by atoms with Crippen LogP contribution in [-0.2, 0) is 4.74 Å². The molecule has 4 nitrogen and oxygen atoms in total. The molecule has 0 atom stereocenters. The second-order valence-electron chi connectivity index (χ2n) is 5.06. The SMILES string of the molecule is CCOC(C)(C)CNc1ncccc1OC(C)C. The predicted molar refractivity (Wildman–Crippen MR) is 74.2 cm³/mol. The Morgan fingerprint density at radius 1 is 1.39 bits per heavy atom. The molecule has 0 fully saturated rings. The van der Waals surface area contributed by atoms with E-state index in [1.165, 1.54) is 0 Å². The van der Waals surface area contributed by atoms with E-state index < -0.39 is 0 Å². The van der Waals surface area contributed by atoms with Crippen LogP contribution in [0.25, 0.3) is 0 Å². The van der Waals surface area contributed by atoms with E-state index in [-0.39, 0.29) is 11.7 Å². The Morgan fingerprint density at radius 3 is 2.72 bits per heavy atom. The highest BCUT2D eigenvalue weighted by Gasteiger charge is 2.18. The summed E-state index contributed by atoms with van der Waals surface area (Å²) in [5, 5.41) is 3.28. The van der Waals surface area contributed by atoms with Gasteiger partial charge in [0.2, 0.25) is 0 Å². The molecule has 4 heteroatoms. The van der Waals surface area contributed by atoms with Crippen LogP contribution in [0.1, 0.15) is 34.6 Å². The minimum absolute atomic E-state index is 0.134. The van der Waals surface area contributed by atoms with Crippen molar-refractivity contribution in [3.8, 4) is 5.75 Å². The van der Waals surface area contributed by atoms with Crippen LogP contribution in [0.5, 0.6) is 5.75 Å². The normalized spacial score (nSPS) is 11.7. The molecule has 18 heavy (non-hydrogen) atoms. The highest BCUT2D eigenvalue weighted by atomic mass is 16.5. The second kappa shape index (κ2) is 6.59. The number of rotatable bonds is 7. The lowest BCUT2D eigenvalue weighted by Gasteiger charge is -2.25. The van der Waals surface area contributed by atoms with Crippen molar-refractivity contribution < 1.29 is 9.47 Å². The summed E-state index contributed by atoms with van der Waals surface area (Å²) >= 11 is 0. The molecule has 0 saturated carbocycles. The van der Waals surface area contributed by atoms with Gasteiger partial charge in [0, 0.05) is 19.3 Å². The van der Waals surface area contributed by atoms with Crippen molar-refractivity contribution in [2.24, 2.45) is 0 Å². The molecule has 0 radical (unpaired) electrons. The number of nitrogens with zero attached hydrogens (tertiary/aromatic N) is 1. The third kappa shape index (κ3) is 4.92. The molecule has 0 bridgehead atoms. The van der Waals surface area contributed by atoms with Gasteiger partial charge in [-0.1, -0.05) is 0 Å². The fourth-order valence-corrected chi connectivity index (χ4v) is 1.61. The summed E-state index contributed by atoms with van der Waals surface area (Å²) in [6, 6.07) is 3.79. The van der Waals surface area contributed by atoms with Crippen molar-refractivity contribution in [3.63, 3.8) is 0 Å². The van der Waals surface area contributed by atoms with Gasteiger partial charge in [0.1, 0.15) is 0 Å². The second-order valence-corrected chi connectivity index (χ2v) is 5.06. The topological polar surface area (TPSA) is 43.4 Å². The van der Waals surface area contributed by atoms with Crippen LogP contribution in [0.2, 0.25) is 0 Å². The molecular weight excluding hydrogens is 228 g/mol. The summed E-state index contributed by atoms with van der Waals surface area (Å²) < 4.78 is 11.3. The molecule has 0 amide bonds. The molecule has 0 aromatic carbocycles. The molecule has 1 rings (SSSR count). The highest BCUT2D eigenvalue weighted by molar-refractivity contribution is 5.49. The van der Waals surface area contributed by atoms with Gasteiger partial charge in [0.15, 0.2) is 11.6 Å². The smallest absolute Gasteiger partial charge is 0.168 e. The van der Waals surface area contributed by atoms with Crippen LogP contribution in [0.3, 0.4) is 0 Å². The van der Waals surface area contributed by atoms with Gasteiger partial charge in [-0.25, -0.2) is 4.98 Å². The highest BCUT2D eigenvalue weighted by Crippen LogP contribution is 2.23. The maximum Gasteiger partial charge on any atom is 0.168 e. The number of hydrogen-bond acceptors (Lipinski definition) is 4. The summed E-state index contributed by atoms with van der Waals surface area (Å²) in [7, 11) is 0. The first-order chi connectivity index (χ1) is 8.44. The summed E-state index contributed by atoms with van der Waals surface area (Å²) in [5.74, 6) is 1.54. The van der Waals surface area contributed by atoms with Crippen LogP contribution in [-0.4, -0.2) is 29.8 Å². The summed E-state index contributed by atoms with van der Waals surface area (Å²) in [6.07, 6.45) is 1.89. The Kier molecular flexibility index (Phi) is 5.41. The van der Waals surface area contributed by atoms with Gasteiger partial charge in [0.25, 0.3) is 0 Å². The van der Waals surface area contributed by atoms with Crippen molar-refractivity contribution >= 4 is 5.82 Å². The van der Waals surface area contributed by atoms with Gasteiger partial charge in [-0.15, -0.1) is 0 Å². The van der Waals surface area contributed by atoms with Crippen LogP contribution in [0.4, 0.5) is 5.82 Å². The maximum atomic E-state index is 5.70. The first-order valence-electron chi connectivity index (χ1n) is 6.44. The van der Waals surface area contributed by atoms with Gasteiger partial charge in [-0.05, 0) is 46.8 Å². The first-order valence-corrected chi connectivity index (χ1v) is 6.44. The number of aromatic nitrogens is 1. The lowest BCUT2D eigenvalue weighted by molar-refractivity contribution is 0.000607. The van der Waals surface area contributed by atoms with Gasteiger partial charge in [-0.3, -0.25) is 0 Å². The molecule has 0 unspecified atom stereocenters. The minimum Gasteiger partial charge on any atom is -0.487 e. The Morgan fingerprint density at radius 2 is 2.11 bits per heavy atom. The number of pyridine rings is 1. The van der Waals surface area contributed by atoms with Crippen LogP contribution in [0.15, 0.2) is 18.3 Å². The van der Waals surface area contributed by atoms with Crippen molar-refractivity contribution in [3.05, 3.63) is 18.3 Å². The zero-order valence-corrected chi connectivity index (χ0v) is 12.0. The van der Waals surface area contributed by atoms with Crippen LogP contribution < -0.4 is 10.1 Å². The zero-order valence-electron chi connectivity index (χ0n) is 12.0. The maximum absolute atomic E-state index is 5.70. The Hall–Kier alpha value is -1.29. The van der Waals surface area contributed by atoms with E-state index in [0.29, 0.717) is 13.2 Å². The lowest BCUT2D eigenvalue weighted by atomic mass is 10.1. The number of hydrogen-bond donors (Lipinski definition) is 1. The van der Waals surface area contributed by atoms with Gasteiger partial charge in [-0.2, -0.15) is 0 Å². The average molecular weight is 252 g/mol. The lowest BCUT2D eigenvalue weighted by Crippen LogP contribution is -2.33. The van der Waals surface area contributed by atoms with Crippen LogP contribution >= 0.6 is 0 Å². The fourth-order valence-electron chi connectivity index (χ4n) is 1.61. The van der Waals surface area contributed by atoms with E-state index in [0.717, 1.165) is 11.6 Å². The molecule has 0 aliphatic heterocycles. The molecule has 1 aromatic heterocycles. The van der Waals surface area contributed by atoms with Crippen molar-refractivity contribution in [2.75, 3.05) is 18.5 Å². The fraction of sp³-hybridized carbons (Fsp3) is 0.643. The van der Waals surface area contributed by atoms with E-state index in [1.54, 1.807) is 6.20 Å². The summed E-state index contributed by atoms with van der Waals surface area (Å²) in [5.41, 5.74) is -0.221. The standard InChI is InChI=1S/C14H24N2O2/c1-6-17-14(4,5)10-16-13-12(18-11(2)3)8-7-9-15-13/h7-9,11H,6,10H2,1-5H3,(H,15,16). The van der Waals surface area contributed by atoms with Crippen LogP contribution in [0, 0.1) is 0 Å². The molecule has 0 aliphatic rings. The van der Waals surface area contributed by atoms with Gasteiger partial charge < -0.3 is 14.8 Å². The molecule has 1 heterocycles. The predicted octanol–water partition coefficient (Wildman–Crippen LogP) is 3.10. The Labute approximate surface area is 110 Å². The van der Waals surface area contributed by atoms with Crippen molar-refractivity contribution in [2.45, 2.75) is 46.3 Å². The molecule has 0 saturated heterocycles. The van der Waals surface area contributed by atoms with E-state index in [9.17, 15) is 0 Å². The molecule has 0 spiro atoms. The van der Waals surface area contributed by atoms with E-state index >= 15 is 0 Å². The Balaban J connectivity index is 2.66. The third-order valence-corrected chi connectivity index (χ3v) is 2.35. The minimum atomic E-state index is -0.221. The van der Waals surface area contributed by atoms with E-state index in [2.05, 4.69) is 24.1 Å². The third-order valence-electron chi connectivity index (χ3n) is 2.35. The van der Waals surface area contributed by atoms with Crippen molar-refractivity contribution in [1.29, 1.82) is 0 Å². The molecule has 102 valence electrons. The van der Waals surface area contributed by atoms with Crippen molar-refractivity contribution in [1.82, 2.24) is 4.98 Å². The molecular formula is C14H24N2O2. The quantitative estimate of drug-likeness (QED) is 0.810. The van der Waals surface area contributed by atoms with Gasteiger partial charge in [0.05, 0.1) is 11.7 Å². The number of anilines is 1. The summed E-state index contributed by atoms with van der Waals surface area (Å²) in [6.45, 7) is 11.5. The first kappa shape index (κ1) is 14.8.